The molecule has 0 fully saturated rings. The lowest BCUT2D eigenvalue weighted by atomic mass is 10.3. The van der Waals surface area contributed by atoms with Crippen molar-refractivity contribution >= 4 is 5.69 Å². The molecule has 0 aliphatic heterocycles. The monoisotopic (exact) mass is 197 g/mol. The van der Waals surface area contributed by atoms with Crippen LogP contribution < -0.4 is 10.9 Å². The second-order valence-corrected chi connectivity index (χ2v) is 2.66. The lowest BCUT2D eigenvalue weighted by Gasteiger charge is -2.45. The smallest absolute Gasteiger partial charge is 0.125 e. The van der Waals surface area contributed by atoms with Gasteiger partial charge >= 0.3 is 0 Å². The molecule has 6 nitrogen and oxygen atoms in total. The Bertz CT molecular complexity index is 268. The Morgan fingerprint density at radius 2 is 1.86 bits per heavy atom. The van der Waals surface area contributed by atoms with E-state index in [9.17, 15) is 10.4 Å². The molecule has 1 rings (SSSR count). The van der Waals surface area contributed by atoms with Crippen LogP contribution in [0.15, 0.2) is 30.3 Å². The Morgan fingerprint density at radius 3 is 2.36 bits per heavy atom. The second-order valence-electron chi connectivity index (χ2n) is 2.66. The minimum atomic E-state index is -0.826. The fraction of sp³-hybridized carbons (Fsp3) is 0.250. The molecule has 0 radical (unpaired) electrons. The van der Waals surface area contributed by atoms with Crippen molar-refractivity contribution in [3.05, 3.63) is 40.7 Å². The maximum absolute atomic E-state index is 11.2. The Morgan fingerprint density at radius 1 is 1.29 bits per heavy atom. The summed E-state index contributed by atoms with van der Waals surface area (Å²) in [4.78, 5) is 4.44. The van der Waals surface area contributed by atoms with E-state index in [-0.39, 0.29) is 16.2 Å². The van der Waals surface area contributed by atoms with E-state index < -0.39 is 6.23 Å². The zero-order valence-electron chi connectivity index (χ0n) is 7.66. The van der Waals surface area contributed by atoms with Crippen LogP contribution in [-0.2, 0) is 4.84 Å². The van der Waals surface area contributed by atoms with Gasteiger partial charge < -0.3 is 21.3 Å². The van der Waals surface area contributed by atoms with Crippen molar-refractivity contribution in [1.29, 1.82) is 0 Å². The highest BCUT2D eigenvalue weighted by molar-refractivity contribution is 5.45. The van der Waals surface area contributed by atoms with Crippen LogP contribution in [0, 0.1) is 10.4 Å². The van der Waals surface area contributed by atoms with E-state index in [1.54, 1.807) is 18.2 Å². The van der Waals surface area contributed by atoms with Crippen LogP contribution in [0.5, 0.6) is 0 Å². The van der Waals surface area contributed by atoms with Gasteiger partial charge in [0.25, 0.3) is 0 Å². The molecule has 14 heavy (non-hydrogen) atoms. The van der Waals surface area contributed by atoms with Crippen LogP contribution >= 0.6 is 0 Å². The van der Waals surface area contributed by atoms with E-state index in [4.69, 9.17) is 5.73 Å². The predicted octanol–water partition coefficient (Wildman–Crippen LogP) is 0.942. The molecule has 0 heterocycles. The molecule has 0 aliphatic carbocycles. The summed E-state index contributed by atoms with van der Waals surface area (Å²) in [6, 6.07) is 7.99. The third kappa shape index (κ3) is 2.95. The third-order valence-corrected chi connectivity index (χ3v) is 1.38. The summed E-state index contributed by atoms with van der Waals surface area (Å²) in [5.74, 6) is 0. The Hall–Kier alpha value is -1.18. The predicted molar refractivity (Wildman–Crippen MR) is 52.2 cm³/mol. The van der Waals surface area contributed by atoms with Crippen molar-refractivity contribution in [3.63, 3.8) is 0 Å². The zero-order valence-corrected chi connectivity index (χ0v) is 7.66. The average Bonchev–Trinajstić information content (AvgIpc) is 2.17. The molecule has 1 aromatic rings. The SMILES string of the molecule is CC(N)ON([O-])N([O-])c1ccccc1. The fourth-order valence-electron chi connectivity index (χ4n) is 0.835. The van der Waals surface area contributed by atoms with Gasteiger partial charge in [-0.2, -0.15) is 5.34 Å². The molecule has 1 aromatic carbocycles. The summed E-state index contributed by atoms with van der Waals surface area (Å²) in [5.41, 5.74) is 5.36. The van der Waals surface area contributed by atoms with Crippen molar-refractivity contribution in [1.82, 2.24) is 5.34 Å². The van der Waals surface area contributed by atoms with Crippen LogP contribution in [0.1, 0.15) is 6.92 Å². The standard InChI is InChI=1S/C8H11N3O3/c1-7(9)14-11(13)10(12)8-5-3-2-4-6-8/h2-7H,9H2,1H3/q-2. The van der Waals surface area contributed by atoms with Crippen LogP contribution in [-0.4, -0.2) is 11.6 Å². The number of nitrogens with zero attached hydrogens (tertiary/aromatic N) is 2. The van der Waals surface area contributed by atoms with Gasteiger partial charge in [0.15, 0.2) is 0 Å². The van der Waals surface area contributed by atoms with Gasteiger partial charge in [-0.15, -0.1) is 0 Å². The summed E-state index contributed by atoms with van der Waals surface area (Å²) >= 11 is 0. The number of rotatable bonds is 4. The third-order valence-electron chi connectivity index (χ3n) is 1.38. The van der Waals surface area contributed by atoms with E-state index in [0.717, 1.165) is 0 Å². The van der Waals surface area contributed by atoms with Gasteiger partial charge in [0.05, 0.1) is 0 Å². The van der Waals surface area contributed by atoms with Crippen LogP contribution in [0.3, 0.4) is 0 Å². The van der Waals surface area contributed by atoms with Crippen LogP contribution in [0.4, 0.5) is 5.69 Å². The van der Waals surface area contributed by atoms with Crippen molar-refractivity contribution in [2.24, 2.45) is 5.73 Å². The Balaban J connectivity index is 2.61. The molecule has 1 unspecified atom stereocenters. The molecule has 1 atom stereocenters. The van der Waals surface area contributed by atoms with Gasteiger partial charge in [-0.3, -0.25) is 4.84 Å². The number of anilines is 1. The summed E-state index contributed by atoms with van der Waals surface area (Å²) in [6.07, 6.45) is -0.826. The fourth-order valence-corrected chi connectivity index (χ4v) is 0.835. The Labute approximate surface area is 81.6 Å². The first kappa shape index (κ1) is 10.9. The number of hydrogen-bond donors (Lipinski definition) is 1. The Kier molecular flexibility index (Phi) is 3.81. The van der Waals surface area contributed by atoms with Gasteiger partial charge in [-0.05, 0) is 19.1 Å². The lowest BCUT2D eigenvalue weighted by Crippen LogP contribution is -2.39. The minimum absolute atomic E-state index is 0.0728. The van der Waals surface area contributed by atoms with Crippen molar-refractivity contribution in [3.8, 4) is 0 Å². The molecule has 0 saturated heterocycles. The molecule has 0 bridgehead atoms. The molecule has 0 amide bonds. The number of benzene rings is 1. The summed E-state index contributed by atoms with van der Waals surface area (Å²) < 4.78 is 0. The molecule has 2 N–H and O–H groups in total. The molecular formula is C8H11N3O3-2. The highest BCUT2D eigenvalue weighted by Gasteiger charge is 1.99. The first-order valence-electron chi connectivity index (χ1n) is 4.03. The minimum Gasteiger partial charge on any atom is -0.744 e. The van der Waals surface area contributed by atoms with Gasteiger partial charge in [0.2, 0.25) is 0 Å². The van der Waals surface area contributed by atoms with E-state index in [1.165, 1.54) is 19.1 Å². The summed E-state index contributed by atoms with van der Waals surface area (Å²) in [6.45, 7) is 1.45. The normalized spacial score (nSPS) is 12.9. The van der Waals surface area contributed by atoms with Gasteiger partial charge in [0, 0.05) is 5.69 Å². The summed E-state index contributed by atoms with van der Waals surface area (Å²) in [7, 11) is 0. The number of para-hydroxylation sites is 1. The highest BCUT2D eigenvalue weighted by atomic mass is 17.0. The quantitative estimate of drug-likeness (QED) is 0.570. The number of nitrogens with two attached hydrogens (primary N) is 1. The zero-order chi connectivity index (χ0) is 10.6. The molecular weight excluding hydrogens is 186 g/mol. The molecule has 0 aliphatic rings. The maximum atomic E-state index is 11.2. The van der Waals surface area contributed by atoms with E-state index in [1.807, 2.05) is 0 Å². The largest absolute Gasteiger partial charge is 0.744 e. The van der Waals surface area contributed by atoms with Crippen LogP contribution in [0.25, 0.3) is 0 Å². The lowest BCUT2D eigenvalue weighted by molar-refractivity contribution is -0.158. The van der Waals surface area contributed by atoms with Gasteiger partial charge in [-0.1, -0.05) is 18.2 Å². The van der Waals surface area contributed by atoms with Gasteiger partial charge in [-0.25, -0.2) is 0 Å². The topological polar surface area (TPSA) is 87.8 Å². The molecule has 78 valence electrons. The number of hydrazine groups is 1. The molecule has 0 aromatic heterocycles. The summed E-state index contributed by atoms with van der Waals surface area (Å²) in [5, 5.41) is 22.1. The molecule has 0 spiro atoms. The average molecular weight is 197 g/mol. The van der Waals surface area contributed by atoms with E-state index >= 15 is 0 Å². The van der Waals surface area contributed by atoms with Crippen molar-refractivity contribution in [2.75, 3.05) is 5.17 Å². The second kappa shape index (κ2) is 4.89. The van der Waals surface area contributed by atoms with Crippen molar-refractivity contribution < 1.29 is 4.84 Å². The molecule has 6 heteroatoms. The first-order chi connectivity index (χ1) is 6.61. The first-order valence-corrected chi connectivity index (χ1v) is 4.03. The van der Waals surface area contributed by atoms with Gasteiger partial charge in [0.1, 0.15) is 6.23 Å². The maximum Gasteiger partial charge on any atom is 0.125 e. The van der Waals surface area contributed by atoms with E-state index in [0.29, 0.717) is 0 Å². The van der Waals surface area contributed by atoms with E-state index in [2.05, 4.69) is 4.84 Å². The number of hydrogen-bond acceptors (Lipinski definition) is 6. The van der Waals surface area contributed by atoms with Crippen LogP contribution in [0.2, 0.25) is 0 Å². The van der Waals surface area contributed by atoms with Crippen molar-refractivity contribution in [2.45, 2.75) is 13.2 Å². The molecule has 0 saturated carbocycles. The highest BCUT2D eigenvalue weighted by Crippen LogP contribution is 2.13.